The summed E-state index contributed by atoms with van der Waals surface area (Å²) >= 11 is 4.76. The predicted octanol–water partition coefficient (Wildman–Crippen LogP) is 3.44. The summed E-state index contributed by atoms with van der Waals surface area (Å²) in [5.41, 5.74) is 2.94. The monoisotopic (exact) mass is 397 g/mol. The molecule has 0 radical (unpaired) electrons. The van der Waals surface area contributed by atoms with E-state index in [1.807, 2.05) is 61.5 Å². The van der Waals surface area contributed by atoms with Crippen molar-refractivity contribution in [1.82, 2.24) is 14.6 Å². The molecule has 0 saturated carbocycles. The van der Waals surface area contributed by atoms with Crippen molar-refractivity contribution >= 4 is 38.3 Å². The van der Waals surface area contributed by atoms with Gasteiger partial charge in [-0.15, -0.1) is 10.2 Å². The van der Waals surface area contributed by atoms with Gasteiger partial charge < -0.3 is 0 Å². The number of hydrogen-bond donors (Lipinski definition) is 0. The lowest BCUT2D eigenvalue weighted by Crippen LogP contribution is -2.23. The molecule has 4 rings (SSSR count). The first kappa shape index (κ1) is 15.2. The zero-order valence-electron chi connectivity index (χ0n) is 12.7. The lowest BCUT2D eigenvalue weighted by atomic mass is 10.1. The molecule has 0 N–H and O–H groups in total. The summed E-state index contributed by atoms with van der Waals surface area (Å²) in [6.45, 7) is 2.03. The second-order valence-electron chi connectivity index (χ2n) is 5.47. The van der Waals surface area contributed by atoms with E-state index in [4.69, 9.17) is 0 Å². The summed E-state index contributed by atoms with van der Waals surface area (Å²) in [6.07, 6.45) is 1.88. The predicted molar refractivity (Wildman–Crippen MR) is 100 cm³/mol. The third-order valence-electron chi connectivity index (χ3n) is 3.73. The highest BCUT2D eigenvalue weighted by molar-refractivity contribution is 9.10. The standard InChI is InChI=1S/C18H12BrN3OS/c1-11-2-6-13(7-3-11)16-20-21-18-22(16)17(23)15(24-18)10-12-4-8-14(19)9-5-12/h2-10H,1H3/b15-10-. The summed E-state index contributed by atoms with van der Waals surface area (Å²) in [6, 6.07) is 15.8. The van der Waals surface area contributed by atoms with Gasteiger partial charge in [-0.1, -0.05) is 69.2 Å². The average Bonchev–Trinajstić information content (AvgIpc) is 3.12. The van der Waals surface area contributed by atoms with Crippen LogP contribution >= 0.6 is 27.3 Å². The summed E-state index contributed by atoms with van der Waals surface area (Å²) < 4.78 is 3.24. The van der Waals surface area contributed by atoms with E-state index in [2.05, 4.69) is 26.1 Å². The minimum atomic E-state index is -0.0847. The summed E-state index contributed by atoms with van der Waals surface area (Å²) in [5.74, 6) is 0.585. The third-order valence-corrected chi connectivity index (χ3v) is 5.21. The second-order valence-corrected chi connectivity index (χ2v) is 7.40. The highest BCUT2D eigenvalue weighted by atomic mass is 79.9. The fourth-order valence-corrected chi connectivity index (χ4v) is 3.64. The van der Waals surface area contributed by atoms with Crippen molar-refractivity contribution in [2.75, 3.05) is 0 Å². The number of thiazole rings is 1. The number of benzene rings is 2. The lowest BCUT2D eigenvalue weighted by molar-refractivity contribution is 1.09. The largest absolute Gasteiger partial charge is 0.276 e. The van der Waals surface area contributed by atoms with Crippen molar-refractivity contribution in [2.24, 2.45) is 0 Å². The number of halogens is 1. The Morgan fingerprint density at radius 2 is 1.75 bits per heavy atom. The van der Waals surface area contributed by atoms with E-state index in [1.165, 1.54) is 11.3 Å². The molecule has 24 heavy (non-hydrogen) atoms. The Hall–Kier alpha value is -2.31. The Balaban J connectivity index is 1.89. The Bertz CT molecular complexity index is 1130. The first-order valence-corrected chi connectivity index (χ1v) is 8.95. The smallest absolute Gasteiger partial charge is 0.267 e. The molecule has 0 fully saturated rings. The molecule has 2 heterocycles. The number of aromatic nitrogens is 3. The van der Waals surface area contributed by atoms with Crippen molar-refractivity contribution in [1.29, 1.82) is 0 Å². The van der Waals surface area contributed by atoms with Gasteiger partial charge in [0, 0.05) is 10.0 Å². The zero-order valence-corrected chi connectivity index (χ0v) is 15.1. The maximum absolute atomic E-state index is 12.8. The summed E-state index contributed by atoms with van der Waals surface area (Å²) in [7, 11) is 0. The van der Waals surface area contributed by atoms with Crippen LogP contribution in [0, 0.1) is 6.92 Å². The van der Waals surface area contributed by atoms with Gasteiger partial charge in [0.15, 0.2) is 5.82 Å². The normalized spacial score (nSPS) is 12.2. The molecule has 4 aromatic rings. The molecule has 0 aliphatic heterocycles. The quantitative estimate of drug-likeness (QED) is 0.520. The minimum Gasteiger partial charge on any atom is -0.267 e. The van der Waals surface area contributed by atoms with E-state index in [9.17, 15) is 4.79 Å². The van der Waals surface area contributed by atoms with Crippen LogP contribution in [-0.2, 0) is 0 Å². The number of fused-ring (bicyclic) bond motifs is 1. The van der Waals surface area contributed by atoms with Crippen molar-refractivity contribution in [3.63, 3.8) is 0 Å². The summed E-state index contributed by atoms with van der Waals surface area (Å²) in [5, 5.41) is 8.34. The Morgan fingerprint density at radius 1 is 1.04 bits per heavy atom. The van der Waals surface area contributed by atoms with E-state index in [0.29, 0.717) is 15.3 Å². The number of rotatable bonds is 2. The molecule has 118 valence electrons. The third kappa shape index (κ3) is 2.68. The Kier molecular flexibility index (Phi) is 3.78. The van der Waals surface area contributed by atoms with Gasteiger partial charge in [-0.05, 0) is 30.7 Å². The van der Waals surface area contributed by atoms with Crippen LogP contribution in [0.3, 0.4) is 0 Å². The van der Waals surface area contributed by atoms with Gasteiger partial charge in [-0.25, -0.2) is 4.40 Å². The first-order chi connectivity index (χ1) is 11.6. The molecule has 0 spiro atoms. The SMILES string of the molecule is Cc1ccc(-c2nnc3s/c(=C\c4ccc(Br)cc4)c(=O)n23)cc1. The molecule has 2 aromatic heterocycles. The van der Waals surface area contributed by atoms with Crippen molar-refractivity contribution in [3.05, 3.63) is 79.0 Å². The van der Waals surface area contributed by atoms with E-state index >= 15 is 0 Å². The van der Waals surface area contributed by atoms with E-state index in [0.717, 1.165) is 21.2 Å². The molecule has 0 amide bonds. The molecule has 0 bridgehead atoms. The molecule has 6 heteroatoms. The van der Waals surface area contributed by atoms with Crippen LogP contribution in [0.4, 0.5) is 0 Å². The molecule has 4 nitrogen and oxygen atoms in total. The van der Waals surface area contributed by atoms with Gasteiger partial charge in [0.2, 0.25) is 4.96 Å². The van der Waals surface area contributed by atoms with Crippen LogP contribution in [0.15, 0.2) is 57.8 Å². The average molecular weight is 398 g/mol. The van der Waals surface area contributed by atoms with E-state index in [1.54, 1.807) is 4.40 Å². The van der Waals surface area contributed by atoms with Crippen LogP contribution in [0.2, 0.25) is 0 Å². The Labute approximate surface area is 150 Å². The van der Waals surface area contributed by atoms with E-state index in [-0.39, 0.29) is 5.56 Å². The van der Waals surface area contributed by atoms with Crippen molar-refractivity contribution in [2.45, 2.75) is 6.92 Å². The van der Waals surface area contributed by atoms with Gasteiger partial charge in [0.05, 0.1) is 4.53 Å². The molecular formula is C18H12BrN3OS. The van der Waals surface area contributed by atoms with Crippen LogP contribution in [0.25, 0.3) is 22.4 Å². The lowest BCUT2D eigenvalue weighted by Gasteiger charge is -1.97. The molecule has 0 unspecified atom stereocenters. The number of hydrogen-bond acceptors (Lipinski definition) is 4. The van der Waals surface area contributed by atoms with Gasteiger partial charge in [0.25, 0.3) is 5.56 Å². The van der Waals surface area contributed by atoms with Crippen LogP contribution in [0.5, 0.6) is 0 Å². The van der Waals surface area contributed by atoms with Gasteiger partial charge in [-0.3, -0.25) is 4.79 Å². The molecule has 2 aromatic carbocycles. The minimum absolute atomic E-state index is 0.0847. The van der Waals surface area contributed by atoms with Crippen LogP contribution in [0.1, 0.15) is 11.1 Å². The number of aryl methyl sites for hydroxylation is 1. The van der Waals surface area contributed by atoms with E-state index < -0.39 is 0 Å². The molecule has 0 saturated heterocycles. The Morgan fingerprint density at radius 3 is 2.46 bits per heavy atom. The molecule has 0 atom stereocenters. The fraction of sp³-hybridized carbons (Fsp3) is 0.0556. The molecular weight excluding hydrogens is 386 g/mol. The molecule has 0 aliphatic rings. The fourth-order valence-electron chi connectivity index (χ4n) is 2.46. The van der Waals surface area contributed by atoms with Crippen molar-refractivity contribution in [3.8, 4) is 11.4 Å². The van der Waals surface area contributed by atoms with Crippen LogP contribution in [-0.4, -0.2) is 14.6 Å². The topological polar surface area (TPSA) is 47.3 Å². The van der Waals surface area contributed by atoms with Crippen LogP contribution < -0.4 is 10.1 Å². The highest BCUT2D eigenvalue weighted by Crippen LogP contribution is 2.18. The van der Waals surface area contributed by atoms with Crippen molar-refractivity contribution < 1.29 is 0 Å². The highest BCUT2D eigenvalue weighted by Gasteiger charge is 2.13. The maximum Gasteiger partial charge on any atom is 0.276 e. The van der Waals surface area contributed by atoms with Gasteiger partial charge >= 0.3 is 0 Å². The molecule has 0 aliphatic carbocycles. The first-order valence-electron chi connectivity index (χ1n) is 7.34. The number of nitrogens with zero attached hydrogens (tertiary/aromatic N) is 3. The van der Waals surface area contributed by atoms with Gasteiger partial charge in [0.1, 0.15) is 0 Å². The summed E-state index contributed by atoms with van der Waals surface area (Å²) in [4.78, 5) is 13.4. The maximum atomic E-state index is 12.8. The van der Waals surface area contributed by atoms with Gasteiger partial charge in [-0.2, -0.15) is 0 Å². The second kappa shape index (κ2) is 5.96. The zero-order chi connectivity index (χ0) is 16.7.